The lowest BCUT2D eigenvalue weighted by Gasteiger charge is -2.25. The Morgan fingerprint density at radius 3 is 2.79 bits per heavy atom. The molecule has 6 nitrogen and oxygen atoms in total. The molecule has 1 saturated carbocycles. The molecule has 5 rings (SSSR count). The molecule has 0 radical (unpaired) electrons. The standard InChI is InChI=1S/C20H20FN3O3S/c21-15-11-14-16(10-12(15)2-1-5-23-6-8-27-9-7-23)24(13-3-4-13)20-17(18(14)25)19(26)22-28-20/h1-2,10-11,13H,3-9H2,(H,22,26)/b2-1+. The van der Waals surface area contributed by atoms with Gasteiger partial charge in [0.15, 0.2) is 0 Å². The zero-order valence-electron chi connectivity index (χ0n) is 15.2. The maximum Gasteiger partial charge on any atom is 0.271 e. The Morgan fingerprint density at radius 1 is 1.25 bits per heavy atom. The second kappa shape index (κ2) is 6.95. The smallest absolute Gasteiger partial charge is 0.271 e. The molecule has 2 fully saturated rings. The SMILES string of the molecule is O=c1[nH]sc2c1c(=O)c1cc(F)c(/C=C/CN3CCOCC3)cc1n2C1CC1. The lowest BCUT2D eigenvalue weighted by Crippen LogP contribution is -2.36. The molecule has 3 aromatic rings. The summed E-state index contributed by atoms with van der Waals surface area (Å²) in [5.74, 6) is -0.448. The van der Waals surface area contributed by atoms with Gasteiger partial charge in [0.25, 0.3) is 5.56 Å². The zero-order chi connectivity index (χ0) is 19.3. The fourth-order valence-corrected chi connectivity index (χ4v) is 4.73. The Balaban J connectivity index is 1.61. The first-order valence-electron chi connectivity index (χ1n) is 9.49. The number of hydrogen-bond acceptors (Lipinski definition) is 5. The van der Waals surface area contributed by atoms with Gasteiger partial charge in [-0.3, -0.25) is 18.9 Å². The van der Waals surface area contributed by atoms with Gasteiger partial charge in [0, 0.05) is 36.6 Å². The van der Waals surface area contributed by atoms with E-state index in [0.29, 0.717) is 15.9 Å². The third-order valence-electron chi connectivity index (χ3n) is 5.42. The van der Waals surface area contributed by atoms with E-state index in [1.165, 1.54) is 17.6 Å². The Hall–Kier alpha value is -2.29. The van der Waals surface area contributed by atoms with Crippen LogP contribution in [0.1, 0.15) is 24.4 Å². The Morgan fingerprint density at radius 2 is 2.04 bits per heavy atom. The number of nitrogens with zero attached hydrogens (tertiary/aromatic N) is 2. The van der Waals surface area contributed by atoms with E-state index in [1.54, 1.807) is 12.1 Å². The van der Waals surface area contributed by atoms with Gasteiger partial charge in [-0.25, -0.2) is 4.39 Å². The van der Waals surface area contributed by atoms with Gasteiger partial charge in [0.05, 0.1) is 18.7 Å². The summed E-state index contributed by atoms with van der Waals surface area (Å²) in [6.45, 7) is 3.92. The minimum absolute atomic E-state index is 0.138. The minimum Gasteiger partial charge on any atom is -0.379 e. The first-order chi connectivity index (χ1) is 13.6. The van der Waals surface area contributed by atoms with Crippen LogP contribution in [0.5, 0.6) is 0 Å². The summed E-state index contributed by atoms with van der Waals surface area (Å²) in [5.41, 5.74) is 0.364. The van der Waals surface area contributed by atoms with Crippen molar-refractivity contribution in [3.05, 3.63) is 50.2 Å². The number of aromatic amines is 1. The van der Waals surface area contributed by atoms with Gasteiger partial charge in [-0.05, 0) is 36.5 Å². The summed E-state index contributed by atoms with van der Waals surface area (Å²) in [5, 5.41) is 0.408. The van der Waals surface area contributed by atoms with Crippen LogP contribution in [0.3, 0.4) is 0 Å². The van der Waals surface area contributed by atoms with Crippen molar-refractivity contribution in [2.45, 2.75) is 18.9 Å². The number of benzene rings is 1. The number of nitrogens with one attached hydrogen (secondary N) is 1. The molecule has 0 amide bonds. The summed E-state index contributed by atoms with van der Waals surface area (Å²) in [6, 6.07) is 3.28. The van der Waals surface area contributed by atoms with Crippen LogP contribution in [-0.4, -0.2) is 46.7 Å². The molecule has 0 unspecified atom stereocenters. The van der Waals surface area contributed by atoms with Crippen LogP contribution < -0.4 is 11.0 Å². The van der Waals surface area contributed by atoms with Crippen molar-refractivity contribution in [1.82, 2.24) is 13.8 Å². The fourth-order valence-electron chi connectivity index (χ4n) is 3.80. The second-order valence-corrected chi connectivity index (χ2v) is 8.14. The summed E-state index contributed by atoms with van der Waals surface area (Å²) >= 11 is 1.18. The Kier molecular flexibility index (Phi) is 4.41. The molecule has 2 aliphatic rings. The largest absolute Gasteiger partial charge is 0.379 e. The molecule has 1 saturated heterocycles. The molecule has 1 aromatic carbocycles. The lowest BCUT2D eigenvalue weighted by atomic mass is 10.1. The van der Waals surface area contributed by atoms with E-state index in [9.17, 15) is 14.0 Å². The van der Waals surface area contributed by atoms with E-state index in [2.05, 4.69) is 9.27 Å². The molecule has 8 heteroatoms. The Bertz CT molecular complexity index is 1200. The molecule has 0 bridgehead atoms. The van der Waals surface area contributed by atoms with Gasteiger partial charge >= 0.3 is 0 Å². The average Bonchev–Trinajstić information content (AvgIpc) is 3.46. The molecule has 0 atom stereocenters. The number of pyridine rings is 1. The van der Waals surface area contributed by atoms with E-state index in [1.807, 2.05) is 10.6 Å². The zero-order valence-corrected chi connectivity index (χ0v) is 16.1. The minimum atomic E-state index is -0.448. The van der Waals surface area contributed by atoms with Crippen LogP contribution in [0, 0.1) is 5.82 Å². The number of rotatable bonds is 4. The maximum absolute atomic E-state index is 14.7. The number of halogens is 1. The third kappa shape index (κ3) is 3.01. The number of ether oxygens (including phenoxy) is 1. The van der Waals surface area contributed by atoms with E-state index >= 15 is 0 Å². The molecule has 0 spiro atoms. The molecule has 28 heavy (non-hydrogen) atoms. The van der Waals surface area contributed by atoms with E-state index < -0.39 is 16.8 Å². The van der Waals surface area contributed by atoms with Crippen LogP contribution in [0.25, 0.3) is 27.2 Å². The monoisotopic (exact) mass is 401 g/mol. The van der Waals surface area contributed by atoms with Gasteiger partial charge in [0.2, 0.25) is 5.43 Å². The summed E-state index contributed by atoms with van der Waals surface area (Å²) in [6.07, 6.45) is 5.72. The molecule has 146 valence electrons. The lowest BCUT2D eigenvalue weighted by molar-refractivity contribution is 0.0435. The number of morpholine rings is 1. The number of fused-ring (bicyclic) bond motifs is 2. The van der Waals surface area contributed by atoms with Gasteiger partial charge in [-0.2, -0.15) is 0 Å². The van der Waals surface area contributed by atoms with Crippen molar-refractivity contribution in [2.75, 3.05) is 32.8 Å². The van der Waals surface area contributed by atoms with Crippen molar-refractivity contribution in [3.63, 3.8) is 0 Å². The van der Waals surface area contributed by atoms with Crippen molar-refractivity contribution < 1.29 is 9.13 Å². The highest BCUT2D eigenvalue weighted by atomic mass is 32.1. The van der Waals surface area contributed by atoms with Crippen LogP contribution in [0.2, 0.25) is 0 Å². The first kappa shape index (κ1) is 17.8. The van der Waals surface area contributed by atoms with Crippen molar-refractivity contribution >= 4 is 38.7 Å². The highest BCUT2D eigenvalue weighted by Crippen LogP contribution is 2.40. The van der Waals surface area contributed by atoms with E-state index in [4.69, 9.17) is 4.74 Å². The number of H-pyrrole nitrogens is 1. The van der Waals surface area contributed by atoms with Crippen LogP contribution in [0.4, 0.5) is 4.39 Å². The summed E-state index contributed by atoms with van der Waals surface area (Å²) in [7, 11) is 0. The van der Waals surface area contributed by atoms with E-state index in [-0.39, 0.29) is 16.8 Å². The number of hydrogen-bond donors (Lipinski definition) is 1. The maximum atomic E-state index is 14.7. The van der Waals surface area contributed by atoms with Crippen molar-refractivity contribution in [3.8, 4) is 0 Å². The molecular weight excluding hydrogens is 381 g/mol. The predicted molar refractivity (Wildman–Crippen MR) is 109 cm³/mol. The number of aromatic nitrogens is 2. The van der Waals surface area contributed by atoms with Crippen molar-refractivity contribution in [2.24, 2.45) is 0 Å². The Labute approximate surface area is 164 Å². The van der Waals surface area contributed by atoms with Crippen LogP contribution in [0.15, 0.2) is 27.8 Å². The van der Waals surface area contributed by atoms with E-state index in [0.717, 1.165) is 45.7 Å². The summed E-state index contributed by atoms with van der Waals surface area (Å²) in [4.78, 5) is 27.8. The third-order valence-corrected chi connectivity index (χ3v) is 6.30. The molecule has 1 aliphatic heterocycles. The summed E-state index contributed by atoms with van der Waals surface area (Å²) < 4.78 is 24.8. The quantitative estimate of drug-likeness (QED) is 0.730. The molecule has 1 N–H and O–H groups in total. The van der Waals surface area contributed by atoms with Gasteiger partial charge in [0.1, 0.15) is 16.0 Å². The highest BCUT2D eigenvalue weighted by molar-refractivity contribution is 7.12. The van der Waals surface area contributed by atoms with Crippen LogP contribution >= 0.6 is 11.5 Å². The second-order valence-electron chi connectivity index (χ2n) is 7.35. The highest BCUT2D eigenvalue weighted by Gasteiger charge is 2.29. The molecule has 3 heterocycles. The van der Waals surface area contributed by atoms with Crippen molar-refractivity contribution in [1.29, 1.82) is 0 Å². The van der Waals surface area contributed by atoms with Crippen LogP contribution in [-0.2, 0) is 4.74 Å². The topological polar surface area (TPSA) is 67.3 Å². The molecular formula is C20H20FN3O3S. The van der Waals surface area contributed by atoms with Gasteiger partial charge in [-0.15, -0.1) is 0 Å². The predicted octanol–water partition coefficient (Wildman–Crippen LogP) is 2.72. The van der Waals surface area contributed by atoms with Gasteiger partial charge < -0.3 is 9.30 Å². The first-order valence-corrected chi connectivity index (χ1v) is 10.3. The molecule has 2 aromatic heterocycles. The fraction of sp³-hybridized carbons (Fsp3) is 0.400. The van der Waals surface area contributed by atoms with Gasteiger partial charge in [-0.1, -0.05) is 12.2 Å². The normalized spacial score (nSPS) is 18.6. The molecule has 1 aliphatic carbocycles. The average molecular weight is 401 g/mol.